The monoisotopic (exact) mass is 454 g/mol. The molecule has 4 rings (SSSR count). The van der Waals surface area contributed by atoms with E-state index in [4.69, 9.17) is 11.6 Å². The molecule has 0 unspecified atom stereocenters. The SMILES string of the molecule is O=C1c2ccccc2C(=O)N1CCCCSc1nnc2c(Cl)cc(C(F)(F)F)cn12. The van der Waals surface area contributed by atoms with Gasteiger partial charge in [0.05, 0.1) is 21.7 Å². The van der Waals surface area contributed by atoms with Crippen LogP contribution in [0, 0.1) is 0 Å². The summed E-state index contributed by atoms with van der Waals surface area (Å²) in [5.41, 5.74) is 0.0822. The minimum absolute atomic E-state index is 0.130. The number of nitrogens with zero attached hydrogens (tertiary/aromatic N) is 4. The predicted molar refractivity (Wildman–Crippen MR) is 105 cm³/mol. The van der Waals surface area contributed by atoms with Gasteiger partial charge < -0.3 is 0 Å². The van der Waals surface area contributed by atoms with Crippen LogP contribution in [-0.2, 0) is 6.18 Å². The summed E-state index contributed by atoms with van der Waals surface area (Å²) in [6.45, 7) is 0.275. The maximum absolute atomic E-state index is 13.0. The van der Waals surface area contributed by atoms with Crippen LogP contribution in [0.5, 0.6) is 0 Å². The number of hydrogen-bond donors (Lipinski definition) is 0. The van der Waals surface area contributed by atoms with Crippen molar-refractivity contribution >= 4 is 40.8 Å². The summed E-state index contributed by atoms with van der Waals surface area (Å²) in [5, 5.41) is 7.91. The van der Waals surface area contributed by atoms with Crippen molar-refractivity contribution in [3.05, 3.63) is 58.2 Å². The summed E-state index contributed by atoms with van der Waals surface area (Å²) in [4.78, 5) is 25.9. The van der Waals surface area contributed by atoms with Crippen molar-refractivity contribution in [3.8, 4) is 0 Å². The molecule has 0 N–H and O–H groups in total. The Hall–Kier alpha value is -2.59. The average Bonchev–Trinajstić information content (AvgIpc) is 3.22. The maximum Gasteiger partial charge on any atom is 0.417 e. The van der Waals surface area contributed by atoms with Gasteiger partial charge in [0.1, 0.15) is 0 Å². The van der Waals surface area contributed by atoms with E-state index in [1.165, 1.54) is 21.1 Å². The Morgan fingerprint density at radius 1 is 1.03 bits per heavy atom. The second kappa shape index (κ2) is 7.92. The number of imide groups is 1. The van der Waals surface area contributed by atoms with Crippen LogP contribution in [0.1, 0.15) is 39.1 Å². The molecule has 0 saturated heterocycles. The van der Waals surface area contributed by atoms with Gasteiger partial charge in [-0.3, -0.25) is 18.9 Å². The number of alkyl halides is 3. The number of carbonyl (C=O) groups excluding carboxylic acids is 2. The lowest BCUT2D eigenvalue weighted by molar-refractivity contribution is -0.137. The highest BCUT2D eigenvalue weighted by molar-refractivity contribution is 7.99. The predicted octanol–water partition coefficient (Wildman–Crippen LogP) is 4.57. The third-order valence-corrected chi connectivity index (χ3v) is 5.95. The quantitative estimate of drug-likeness (QED) is 0.310. The van der Waals surface area contributed by atoms with Gasteiger partial charge in [-0.2, -0.15) is 13.2 Å². The Labute approximate surface area is 178 Å². The van der Waals surface area contributed by atoms with Crippen LogP contribution < -0.4 is 0 Å². The number of fused-ring (bicyclic) bond motifs is 2. The Bertz CT molecular complexity index is 1110. The van der Waals surface area contributed by atoms with Gasteiger partial charge in [-0.05, 0) is 31.0 Å². The van der Waals surface area contributed by atoms with Crippen LogP contribution in [0.2, 0.25) is 5.02 Å². The second-order valence-electron chi connectivity index (χ2n) is 6.61. The lowest BCUT2D eigenvalue weighted by Gasteiger charge is -2.13. The van der Waals surface area contributed by atoms with E-state index in [2.05, 4.69) is 10.2 Å². The fraction of sp³-hybridized carbons (Fsp3) is 0.263. The summed E-state index contributed by atoms with van der Waals surface area (Å²) in [7, 11) is 0. The molecule has 6 nitrogen and oxygen atoms in total. The molecule has 156 valence electrons. The van der Waals surface area contributed by atoms with Gasteiger partial charge in [0.15, 0.2) is 10.8 Å². The molecule has 0 radical (unpaired) electrons. The summed E-state index contributed by atoms with van der Waals surface area (Å²) >= 11 is 7.13. The van der Waals surface area contributed by atoms with E-state index in [0.717, 1.165) is 12.3 Å². The van der Waals surface area contributed by atoms with Crippen LogP contribution >= 0.6 is 23.4 Å². The molecule has 0 bridgehead atoms. The number of thioether (sulfide) groups is 1. The van der Waals surface area contributed by atoms with Crippen molar-refractivity contribution in [3.63, 3.8) is 0 Å². The van der Waals surface area contributed by atoms with Crippen LogP contribution in [0.3, 0.4) is 0 Å². The van der Waals surface area contributed by atoms with Crippen molar-refractivity contribution in [2.45, 2.75) is 24.2 Å². The standard InChI is InChI=1S/C19H14ClF3N4O2S/c20-14-9-11(19(21,22)23)10-27-15(14)24-25-18(27)30-8-4-3-7-26-16(28)12-5-1-2-6-13(12)17(26)29/h1-2,5-6,9-10H,3-4,7-8H2. The molecule has 0 aliphatic carbocycles. The van der Waals surface area contributed by atoms with E-state index in [9.17, 15) is 22.8 Å². The van der Waals surface area contributed by atoms with E-state index >= 15 is 0 Å². The molecule has 1 aliphatic heterocycles. The minimum atomic E-state index is -4.53. The van der Waals surface area contributed by atoms with E-state index in [1.54, 1.807) is 24.3 Å². The minimum Gasteiger partial charge on any atom is -0.276 e. The first-order valence-electron chi connectivity index (χ1n) is 8.97. The van der Waals surface area contributed by atoms with Crippen molar-refractivity contribution in [2.24, 2.45) is 0 Å². The zero-order valence-electron chi connectivity index (χ0n) is 15.3. The van der Waals surface area contributed by atoms with Crippen LogP contribution in [-0.4, -0.2) is 43.6 Å². The number of rotatable bonds is 6. The number of unbranched alkanes of at least 4 members (excludes halogenated alkanes) is 1. The topological polar surface area (TPSA) is 67.6 Å². The van der Waals surface area contributed by atoms with Gasteiger partial charge in [0.25, 0.3) is 11.8 Å². The third-order valence-electron chi connectivity index (χ3n) is 4.64. The Balaban J connectivity index is 1.36. The summed E-state index contributed by atoms with van der Waals surface area (Å²) in [5.74, 6) is -0.0836. The van der Waals surface area contributed by atoms with Gasteiger partial charge in [0.2, 0.25) is 0 Å². The van der Waals surface area contributed by atoms with E-state index < -0.39 is 11.7 Å². The van der Waals surface area contributed by atoms with Crippen LogP contribution in [0.15, 0.2) is 41.7 Å². The molecule has 0 atom stereocenters. The molecule has 2 aromatic heterocycles. The summed E-state index contributed by atoms with van der Waals surface area (Å²) < 4.78 is 40.3. The molecule has 0 fully saturated rings. The normalized spacial score (nSPS) is 14.1. The molecule has 11 heteroatoms. The van der Waals surface area contributed by atoms with Gasteiger partial charge in [-0.15, -0.1) is 10.2 Å². The first-order chi connectivity index (χ1) is 14.3. The molecular weight excluding hydrogens is 441 g/mol. The second-order valence-corrected chi connectivity index (χ2v) is 8.08. The fourth-order valence-electron chi connectivity index (χ4n) is 3.16. The molecule has 3 aromatic rings. The van der Waals surface area contributed by atoms with E-state index in [-0.39, 0.29) is 29.0 Å². The van der Waals surface area contributed by atoms with Gasteiger partial charge in [-0.1, -0.05) is 35.5 Å². The summed E-state index contributed by atoms with van der Waals surface area (Å²) in [6, 6.07) is 7.50. The Morgan fingerprint density at radius 3 is 2.33 bits per heavy atom. The zero-order chi connectivity index (χ0) is 21.5. The number of amides is 2. The number of halogens is 4. The van der Waals surface area contributed by atoms with Crippen molar-refractivity contribution in [2.75, 3.05) is 12.3 Å². The highest BCUT2D eigenvalue weighted by Gasteiger charge is 2.34. The molecule has 0 saturated carbocycles. The van der Waals surface area contributed by atoms with Crippen molar-refractivity contribution < 1.29 is 22.8 Å². The highest BCUT2D eigenvalue weighted by atomic mass is 35.5. The lowest BCUT2D eigenvalue weighted by atomic mass is 10.1. The number of aromatic nitrogens is 3. The number of hydrogen-bond acceptors (Lipinski definition) is 5. The third kappa shape index (κ3) is 3.77. The number of carbonyl (C=O) groups is 2. The highest BCUT2D eigenvalue weighted by Crippen LogP contribution is 2.33. The van der Waals surface area contributed by atoms with Gasteiger partial charge >= 0.3 is 6.18 Å². The molecule has 1 aromatic carbocycles. The van der Waals surface area contributed by atoms with Crippen molar-refractivity contribution in [1.29, 1.82) is 0 Å². The molecule has 0 spiro atoms. The van der Waals surface area contributed by atoms with Gasteiger partial charge in [0, 0.05) is 18.5 Å². The number of pyridine rings is 1. The first kappa shape index (κ1) is 20.7. The zero-order valence-corrected chi connectivity index (χ0v) is 16.9. The smallest absolute Gasteiger partial charge is 0.276 e. The molecular formula is C19H14ClF3N4O2S. The van der Waals surface area contributed by atoms with E-state index in [1.807, 2.05) is 0 Å². The number of benzene rings is 1. The average molecular weight is 455 g/mol. The van der Waals surface area contributed by atoms with Crippen molar-refractivity contribution in [1.82, 2.24) is 19.5 Å². The van der Waals surface area contributed by atoms with Crippen LogP contribution in [0.4, 0.5) is 13.2 Å². The van der Waals surface area contributed by atoms with Gasteiger partial charge in [-0.25, -0.2) is 0 Å². The fourth-order valence-corrected chi connectivity index (χ4v) is 4.32. The molecule has 3 heterocycles. The first-order valence-corrected chi connectivity index (χ1v) is 10.3. The van der Waals surface area contributed by atoms with E-state index in [0.29, 0.717) is 34.9 Å². The molecule has 30 heavy (non-hydrogen) atoms. The molecule has 1 aliphatic rings. The maximum atomic E-state index is 13.0. The van der Waals surface area contributed by atoms with Crippen LogP contribution in [0.25, 0.3) is 5.65 Å². The Kier molecular flexibility index (Phi) is 5.46. The summed E-state index contributed by atoms with van der Waals surface area (Å²) in [6.07, 6.45) is -2.43. The Morgan fingerprint density at radius 2 is 1.70 bits per heavy atom. The lowest BCUT2D eigenvalue weighted by Crippen LogP contribution is -2.30. The largest absolute Gasteiger partial charge is 0.417 e. The molecule has 2 amide bonds.